The lowest BCUT2D eigenvalue weighted by Crippen LogP contribution is -1.92. The van der Waals surface area contributed by atoms with Crippen LogP contribution in [0.1, 0.15) is 5.76 Å². The first-order valence-corrected chi connectivity index (χ1v) is 4.71. The highest BCUT2D eigenvalue weighted by molar-refractivity contribution is 7.98. The van der Waals surface area contributed by atoms with Crippen LogP contribution in [0.5, 0.6) is 0 Å². The van der Waals surface area contributed by atoms with Crippen LogP contribution in [0.15, 0.2) is 28.3 Å². The third-order valence-electron chi connectivity index (χ3n) is 1.50. The minimum atomic E-state index is 0.729. The van der Waals surface area contributed by atoms with E-state index in [1.807, 2.05) is 13.1 Å². The zero-order chi connectivity index (χ0) is 9.10. The lowest BCUT2D eigenvalue weighted by Gasteiger charge is -1.95. The lowest BCUT2D eigenvalue weighted by molar-refractivity contribution is 0.395. The summed E-state index contributed by atoms with van der Waals surface area (Å²) in [5, 5.41) is 8.44. The van der Waals surface area contributed by atoms with Crippen molar-refractivity contribution < 1.29 is 4.52 Å². The molecule has 0 aliphatic carbocycles. The summed E-state index contributed by atoms with van der Waals surface area (Å²) in [4.78, 5) is 4.07. The van der Waals surface area contributed by atoms with Crippen LogP contribution in [-0.2, 0) is 12.8 Å². The fraction of sp³-hybridized carbons (Fsp3) is 0.286. The number of hydrogen-bond donors (Lipinski definition) is 0. The highest BCUT2D eigenvalue weighted by Gasteiger charge is 2.03. The van der Waals surface area contributed by atoms with E-state index in [1.165, 1.54) is 6.33 Å². The molecule has 0 aromatic carbocycles. The van der Waals surface area contributed by atoms with Crippen LogP contribution >= 0.6 is 11.8 Å². The van der Waals surface area contributed by atoms with Crippen molar-refractivity contribution in [2.75, 3.05) is 0 Å². The molecule has 13 heavy (non-hydrogen) atoms. The Labute approximate surface area is 79.1 Å². The molecule has 0 spiro atoms. The maximum atomic E-state index is 4.94. The summed E-state index contributed by atoms with van der Waals surface area (Å²) in [7, 11) is 1.86. The predicted molar refractivity (Wildman–Crippen MR) is 47.1 cm³/mol. The van der Waals surface area contributed by atoms with Crippen LogP contribution in [0, 0.1) is 0 Å². The molecule has 0 saturated heterocycles. The van der Waals surface area contributed by atoms with Crippen molar-refractivity contribution >= 4 is 11.8 Å². The van der Waals surface area contributed by atoms with Crippen LogP contribution in [0.25, 0.3) is 0 Å². The molecule has 0 saturated carbocycles. The van der Waals surface area contributed by atoms with Crippen molar-refractivity contribution in [3.8, 4) is 0 Å². The Balaban J connectivity index is 1.97. The first-order valence-electron chi connectivity index (χ1n) is 3.72. The molecule has 0 N–H and O–H groups in total. The average Bonchev–Trinajstić information content (AvgIpc) is 2.72. The molecule has 0 aliphatic heterocycles. The molecule has 0 amide bonds. The van der Waals surface area contributed by atoms with Gasteiger partial charge < -0.3 is 4.52 Å². The van der Waals surface area contributed by atoms with E-state index in [0.29, 0.717) is 0 Å². The van der Waals surface area contributed by atoms with Crippen LogP contribution < -0.4 is 0 Å². The number of nitrogens with zero attached hydrogens (tertiary/aromatic N) is 4. The van der Waals surface area contributed by atoms with Crippen molar-refractivity contribution in [3.05, 3.63) is 24.4 Å². The van der Waals surface area contributed by atoms with Gasteiger partial charge in [-0.1, -0.05) is 16.9 Å². The Kier molecular flexibility index (Phi) is 2.31. The Morgan fingerprint density at radius 1 is 1.62 bits per heavy atom. The van der Waals surface area contributed by atoms with Gasteiger partial charge in [-0.3, -0.25) is 0 Å². The maximum Gasteiger partial charge on any atom is 0.186 e. The smallest absolute Gasteiger partial charge is 0.186 e. The van der Waals surface area contributed by atoms with Gasteiger partial charge in [0.1, 0.15) is 12.1 Å². The molecular formula is C7H8N4OS. The van der Waals surface area contributed by atoms with Crippen molar-refractivity contribution in [2.45, 2.75) is 10.9 Å². The minimum Gasteiger partial charge on any atom is -0.361 e. The second-order valence-corrected chi connectivity index (χ2v) is 3.38. The summed E-state index contributed by atoms with van der Waals surface area (Å²) >= 11 is 1.57. The zero-order valence-corrected chi connectivity index (χ0v) is 7.86. The Morgan fingerprint density at radius 3 is 3.15 bits per heavy atom. The van der Waals surface area contributed by atoms with Gasteiger partial charge in [-0.15, -0.1) is 0 Å². The maximum absolute atomic E-state index is 4.94. The van der Waals surface area contributed by atoms with Crippen molar-refractivity contribution in [1.82, 2.24) is 19.9 Å². The van der Waals surface area contributed by atoms with Crippen LogP contribution in [0.3, 0.4) is 0 Å². The largest absolute Gasteiger partial charge is 0.361 e. The summed E-state index contributed by atoms with van der Waals surface area (Å²) in [5.74, 6) is 1.57. The third-order valence-corrected chi connectivity index (χ3v) is 2.56. The average molecular weight is 196 g/mol. The molecule has 6 heteroatoms. The molecule has 0 radical (unpaired) electrons. The van der Waals surface area contributed by atoms with Crippen molar-refractivity contribution in [1.29, 1.82) is 0 Å². The van der Waals surface area contributed by atoms with E-state index in [-0.39, 0.29) is 0 Å². The first kappa shape index (κ1) is 8.31. The number of thioether (sulfide) groups is 1. The molecule has 2 heterocycles. The molecule has 2 rings (SSSR count). The number of aromatic nitrogens is 4. The Morgan fingerprint density at radius 2 is 2.54 bits per heavy atom. The van der Waals surface area contributed by atoms with Gasteiger partial charge in [0.05, 0.1) is 11.9 Å². The summed E-state index contributed by atoms with van der Waals surface area (Å²) in [6.07, 6.45) is 3.16. The zero-order valence-electron chi connectivity index (χ0n) is 7.04. The van der Waals surface area contributed by atoms with Gasteiger partial charge in [0.2, 0.25) is 0 Å². The molecule has 5 nitrogen and oxygen atoms in total. The molecule has 2 aromatic heterocycles. The number of hydrogen-bond acceptors (Lipinski definition) is 5. The van der Waals surface area contributed by atoms with Crippen molar-refractivity contribution in [3.63, 3.8) is 0 Å². The number of aryl methyl sites for hydroxylation is 1. The second-order valence-electron chi connectivity index (χ2n) is 2.43. The predicted octanol–water partition coefficient (Wildman–Crippen LogP) is 1.10. The topological polar surface area (TPSA) is 56.7 Å². The van der Waals surface area contributed by atoms with Gasteiger partial charge in [-0.2, -0.15) is 5.10 Å². The summed E-state index contributed by atoms with van der Waals surface area (Å²) in [6.45, 7) is 0. The molecule has 68 valence electrons. The fourth-order valence-electron chi connectivity index (χ4n) is 0.869. The lowest BCUT2D eigenvalue weighted by atomic mass is 10.5. The molecule has 2 aromatic rings. The molecule has 0 unspecified atom stereocenters. The Bertz CT molecular complexity index is 370. The van der Waals surface area contributed by atoms with Gasteiger partial charge in [-0.25, -0.2) is 9.67 Å². The summed E-state index contributed by atoms with van der Waals surface area (Å²) < 4.78 is 6.67. The minimum absolute atomic E-state index is 0.729. The third kappa shape index (κ3) is 1.89. The standard InChI is InChI=1S/C7H8N4OS/c1-11-7(8-5-9-11)13-4-6-2-3-10-12-6/h2-3,5H,4H2,1H3. The van der Waals surface area contributed by atoms with Crippen LogP contribution in [-0.4, -0.2) is 19.9 Å². The van der Waals surface area contributed by atoms with E-state index >= 15 is 0 Å². The highest BCUT2D eigenvalue weighted by Crippen LogP contribution is 2.18. The molecular weight excluding hydrogens is 188 g/mol. The first-order chi connectivity index (χ1) is 6.36. The van der Waals surface area contributed by atoms with Gasteiger partial charge in [0.25, 0.3) is 0 Å². The normalized spacial score (nSPS) is 10.5. The number of rotatable bonds is 3. The van der Waals surface area contributed by atoms with Crippen LogP contribution in [0.4, 0.5) is 0 Å². The molecule has 0 aliphatic rings. The van der Waals surface area contributed by atoms with E-state index in [1.54, 1.807) is 22.6 Å². The fourth-order valence-corrected chi connectivity index (χ4v) is 1.64. The highest BCUT2D eigenvalue weighted by atomic mass is 32.2. The van der Waals surface area contributed by atoms with Gasteiger partial charge in [0, 0.05) is 13.1 Å². The Hall–Kier alpha value is -1.30. The van der Waals surface area contributed by atoms with E-state index in [0.717, 1.165) is 16.7 Å². The molecule has 0 atom stereocenters. The van der Waals surface area contributed by atoms with E-state index in [4.69, 9.17) is 4.52 Å². The van der Waals surface area contributed by atoms with E-state index in [2.05, 4.69) is 15.2 Å². The van der Waals surface area contributed by atoms with Gasteiger partial charge in [0.15, 0.2) is 5.16 Å². The molecule has 0 bridgehead atoms. The summed E-state index contributed by atoms with van der Waals surface area (Å²) in [6, 6.07) is 1.84. The molecule has 0 fully saturated rings. The van der Waals surface area contributed by atoms with Crippen molar-refractivity contribution in [2.24, 2.45) is 7.05 Å². The monoisotopic (exact) mass is 196 g/mol. The summed E-state index contributed by atoms with van der Waals surface area (Å²) in [5.41, 5.74) is 0. The van der Waals surface area contributed by atoms with Crippen LogP contribution in [0.2, 0.25) is 0 Å². The quantitative estimate of drug-likeness (QED) is 0.688. The second kappa shape index (κ2) is 3.61. The van der Waals surface area contributed by atoms with E-state index in [9.17, 15) is 0 Å². The van der Waals surface area contributed by atoms with E-state index < -0.39 is 0 Å². The van der Waals surface area contributed by atoms with Gasteiger partial charge >= 0.3 is 0 Å². The SMILES string of the molecule is Cn1ncnc1SCc1ccno1. The van der Waals surface area contributed by atoms with Gasteiger partial charge in [-0.05, 0) is 0 Å².